The predicted molar refractivity (Wildman–Crippen MR) is 69.5 cm³/mol. The number of nitrogens with zero attached hydrogens (tertiary/aromatic N) is 2. The highest BCUT2D eigenvalue weighted by Gasteiger charge is 2.25. The van der Waals surface area contributed by atoms with Gasteiger partial charge in [-0.15, -0.1) is 0 Å². The van der Waals surface area contributed by atoms with Crippen LogP contribution in [0.15, 0.2) is 30.6 Å². The molecule has 0 amide bonds. The van der Waals surface area contributed by atoms with E-state index in [9.17, 15) is 8.78 Å². The molecule has 102 valence electrons. The number of rotatable bonds is 4. The molecular formula is C14H17F2N3. The molecule has 19 heavy (non-hydrogen) atoms. The molecule has 0 aliphatic carbocycles. The van der Waals surface area contributed by atoms with Crippen LogP contribution in [-0.4, -0.2) is 9.55 Å². The van der Waals surface area contributed by atoms with Crippen molar-refractivity contribution >= 4 is 0 Å². The van der Waals surface area contributed by atoms with Gasteiger partial charge in [0.2, 0.25) is 0 Å². The number of aryl methyl sites for hydroxylation is 1. The van der Waals surface area contributed by atoms with Gasteiger partial charge in [0.25, 0.3) is 0 Å². The van der Waals surface area contributed by atoms with E-state index in [1.165, 1.54) is 12.1 Å². The molecule has 1 aromatic heterocycles. The van der Waals surface area contributed by atoms with E-state index < -0.39 is 17.2 Å². The minimum atomic E-state index is -0.874. The lowest BCUT2D eigenvalue weighted by molar-refractivity contribution is 0.456. The van der Waals surface area contributed by atoms with Crippen LogP contribution in [0.25, 0.3) is 0 Å². The first-order chi connectivity index (χ1) is 8.92. The SMILES string of the molecule is CCn1ccnc1CC(C)(N)c1cc(F)cc(F)c1. The van der Waals surface area contributed by atoms with Gasteiger partial charge in [-0.25, -0.2) is 13.8 Å². The molecule has 1 unspecified atom stereocenters. The summed E-state index contributed by atoms with van der Waals surface area (Å²) in [6, 6.07) is 3.37. The number of aromatic nitrogens is 2. The second kappa shape index (κ2) is 5.09. The monoisotopic (exact) mass is 265 g/mol. The van der Waals surface area contributed by atoms with Gasteiger partial charge in [0.05, 0.1) is 0 Å². The van der Waals surface area contributed by atoms with E-state index in [-0.39, 0.29) is 0 Å². The van der Waals surface area contributed by atoms with Crippen LogP contribution in [0.3, 0.4) is 0 Å². The van der Waals surface area contributed by atoms with Crippen LogP contribution < -0.4 is 5.73 Å². The van der Waals surface area contributed by atoms with Gasteiger partial charge in [-0.1, -0.05) is 0 Å². The summed E-state index contributed by atoms with van der Waals surface area (Å²) in [5.41, 5.74) is 5.76. The van der Waals surface area contributed by atoms with Gasteiger partial charge in [-0.05, 0) is 31.5 Å². The van der Waals surface area contributed by atoms with Gasteiger partial charge in [0, 0.05) is 37.0 Å². The van der Waals surface area contributed by atoms with Crippen molar-refractivity contribution in [2.24, 2.45) is 5.73 Å². The normalized spacial score (nSPS) is 14.4. The molecule has 5 heteroatoms. The Kier molecular flexibility index (Phi) is 3.66. The Labute approximate surface area is 111 Å². The second-order valence-electron chi connectivity index (χ2n) is 4.88. The zero-order chi connectivity index (χ0) is 14.0. The number of imidazole rings is 1. The van der Waals surface area contributed by atoms with Crippen LogP contribution in [0.2, 0.25) is 0 Å². The lowest BCUT2D eigenvalue weighted by atomic mass is 9.89. The molecule has 0 saturated carbocycles. The smallest absolute Gasteiger partial charge is 0.126 e. The molecule has 2 aromatic rings. The van der Waals surface area contributed by atoms with Gasteiger partial charge in [-0.3, -0.25) is 0 Å². The third kappa shape index (κ3) is 2.98. The molecule has 0 aliphatic rings. The minimum Gasteiger partial charge on any atom is -0.335 e. The van der Waals surface area contributed by atoms with E-state index in [2.05, 4.69) is 4.98 Å². The summed E-state index contributed by atoms with van der Waals surface area (Å²) in [5.74, 6) is -0.437. The van der Waals surface area contributed by atoms with E-state index in [0.29, 0.717) is 12.0 Å². The quantitative estimate of drug-likeness (QED) is 0.923. The van der Waals surface area contributed by atoms with Crippen molar-refractivity contribution < 1.29 is 8.78 Å². The first kappa shape index (κ1) is 13.7. The largest absolute Gasteiger partial charge is 0.335 e. The van der Waals surface area contributed by atoms with E-state index in [1.807, 2.05) is 17.7 Å². The van der Waals surface area contributed by atoms with Crippen LogP contribution >= 0.6 is 0 Å². The molecule has 2 rings (SSSR count). The summed E-state index contributed by atoms with van der Waals surface area (Å²) in [5, 5.41) is 0. The molecule has 0 bridgehead atoms. The average Bonchev–Trinajstić information content (AvgIpc) is 2.74. The third-order valence-corrected chi connectivity index (χ3v) is 3.19. The fraction of sp³-hybridized carbons (Fsp3) is 0.357. The first-order valence-electron chi connectivity index (χ1n) is 6.18. The molecule has 2 N–H and O–H groups in total. The fourth-order valence-corrected chi connectivity index (χ4v) is 2.11. The van der Waals surface area contributed by atoms with E-state index in [1.54, 1.807) is 13.1 Å². The van der Waals surface area contributed by atoms with E-state index in [4.69, 9.17) is 5.73 Å². The molecule has 1 aromatic carbocycles. The Morgan fingerprint density at radius 2 is 1.89 bits per heavy atom. The third-order valence-electron chi connectivity index (χ3n) is 3.19. The van der Waals surface area contributed by atoms with Crippen LogP contribution in [0.1, 0.15) is 25.2 Å². The van der Waals surface area contributed by atoms with Gasteiger partial charge in [0.1, 0.15) is 17.5 Å². The highest BCUT2D eigenvalue weighted by molar-refractivity contribution is 5.26. The molecule has 1 heterocycles. The number of benzene rings is 1. The molecule has 0 fully saturated rings. The van der Waals surface area contributed by atoms with E-state index >= 15 is 0 Å². The van der Waals surface area contributed by atoms with Gasteiger partial charge in [-0.2, -0.15) is 0 Å². The molecule has 3 nitrogen and oxygen atoms in total. The topological polar surface area (TPSA) is 43.8 Å². The molecule has 1 atom stereocenters. The van der Waals surface area contributed by atoms with Crippen molar-refractivity contribution in [2.45, 2.75) is 32.4 Å². The molecule has 0 spiro atoms. The van der Waals surface area contributed by atoms with Gasteiger partial charge in [0.15, 0.2) is 0 Å². The lowest BCUT2D eigenvalue weighted by Crippen LogP contribution is -2.36. The molecule has 0 saturated heterocycles. The minimum absolute atomic E-state index is 0.413. The Morgan fingerprint density at radius 1 is 1.26 bits per heavy atom. The Morgan fingerprint density at radius 3 is 2.47 bits per heavy atom. The van der Waals surface area contributed by atoms with Crippen molar-refractivity contribution in [2.75, 3.05) is 0 Å². The van der Waals surface area contributed by atoms with Crippen LogP contribution in [-0.2, 0) is 18.5 Å². The van der Waals surface area contributed by atoms with Crippen molar-refractivity contribution in [1.82, 2.24) is 9.55 Å². The summed E-state index contributed by atoms with van der Waals surface area (Å²) >= 11 is 0. The van der Waals surface area contributed by atoms with Crippen LogP contribution in [0.4, 0.5) is 8.78 Å². The molecule has 0 aliphatic heterocycles. The zero-order valence-corrected chi connectivity index (χ0v) is 11.0. The summed E-state index contributed by atoms with van der Waals surface area (Å²) in [4.78, 5) is 4.24. The van der Waals surface area contributed by atoms with Crippen molar-refractivity contribution in [3.05, 3.63) is 53.6 Å². The lowest BCUT2D eigenvalue weighted by Gasteiger charge is -2.25. The Bertz CT molecular complexity index is 556. The molecule has 0 radical (unpaired) electrons. The van der Waals surface area contributed by atoms with Gasteiger partial charge < -0.3 is 10.3 Å². The summed E-state index contributed by atoms with van der Waals surface area (Å²) in [6.07, 6.45) is 3.97. The van der Waals surface area contributed by atoms with Crippen molar-refractivity contribution in [1.29, 1.82) is 0 Å². The summed E-state index contributed by atoms with van der Waals surface area (Å²) in [6.45, 7) is 4.53. The summed E-state index contributed by atoms with van der Waals surface area (Å²) in [7, 11) is 0. The maximum absolute atomic E-state index is 13.3. The Hall–Kier alpha value is -1.75. The highest BCUT2D eigenvalue weighted by Crippen LogP contribution is 2.24. The number of hydrogen-bond donors (Lipinski definition) is 1. The van der Waals surface area contributed by atoms with Gasteiger partial charge >= 0.3 is 0 Å². The number of hydrogen-bond acceptors (Lipinski definition) is 2. The fourth-order valence-electron chi connectivity index (χ4n) is 2.11. The average molecular weight is 265 g/mol. The maximum Gasteiger partial charge on any atom is 0.126 e. The van der Waals surface area contributed by atoms with Crippen LogP contribution in [0.5, 0.6) is 0 Å². The highest BCUT2D eigenvalue weighted by atomic mass is 19.1. The zero-order valence-electron chi connectivity index (χ0n) is 11.0. The second-order valence-corrected chi connectivity index (χ2v) is 4.88. The predicted octanol–water partition coefficient (Wildman–Crippen LogP) is 2.60. The molecular weight excluding hydrogens is 248 g/mol. The number of halogens is 2. The number of nitrogens with two attached hydrogens (primary N) is 1. The summed E-state index contributed by atoms with van der Waals surface area (Å²) < 4.78 is 28.5. The standard InChI is InChI=1S/C14H17F2N3/c1-3-19-5-4-18-13(19)9-14(2,17)10-6-11(15)8-12(16)7-10/h4-8H,3,9,17H2,1-2H3. The van der Waals surface area contributed by atoms with Crippen LogP contribution in [0, 0.1) is 11.6 Å². The maximum atomic E-state index is 13.3. The van der Waals surface area contributed by atoms with E-state index in [0.717, 1.165) is 18.4 Å². The van der Waals surface area contributed by atoms with Crippen molar-refractivity contribution in [3.8, 4) is 0 Å². The Balaban J connectivity index is 2.31. The first-order valence-corrected chi connectivity index (χ1v) is 6.18. The van der Waals surface area contributed by atoms with Crippen molar-refractivity contribution in [3.63, 3.8) is 0 Å².